The lowest BCUT2D eigenvalue weighted by Gasteiger charge is -2.03. The summed E-state index contributed by atoms with van der Waals surface area (Å²) in [5, 5.41) is 11.5. The quantitative estimate of drug-likeness (QED) is 0.789. The third-order valence-electron chi connectivity index (χ3n) is 3.31. The average Bonchev–Trinajstić information content (AvgIpc) is 2.94. The molecule has 0 amide bonds. The zero-order chi connectivity index (χ0) is 13.2. The van der Waals surface area contributed by atoms with Crippen molar-refractivity contribution in [2.75, 3.05) is 0 Å². The first-order chi connectivity index (χ1) is 9.24. The van der Waals surface area contributed by atoms with Crippen LogP contribution >= 0.6 is 11.3 Å². The molecule has 3 nitrogen and oxygen atoms in total. The van der Waals surface area contributed by atoms with Gasteiger partial charge in [0.1, 0.15) is 0 Å². The molecule has 0 atom stereocenters. The van der Waals surface area contributed by atoms with Crippen LogP contribution in [-0.2, 0) is 20.1 Å². The van der Waals surface area contributed by atoms with Crippen LogP contribution in [0.15, 0.2) is 35.8 Å². The monoisotopic (exact) mass is 271 g/mol. The van der Waals surface area contributed by atoms with E-state index in [0.717, 1.165) is 18.8 Å². The Balaban J connectivity index is 1.68. The van der Waals surface area contributed by atoms with Gasteiger partial charge in [-0.1, -0.05) is 18.2 Å². The lowest BCUT2D eigenvalue weighted by atomic mass is 10.2. The molecule has 3 aromatic rings. The van der Waals surface area contributed by atoms with Crippen LogP contribution in [0.1, 0.15) is 16.8 Å². The average molecular weight is 271 g/mol. The van der Waals surface area contributed by atoms with Crippen LogP contribution in [0, 0.1) is 6.92 Å². The predicted molar refractivity (Wildman–Crippen MR) is 80.3 cm³/mol. The molecule has 0 fully saturated rings. The molecule has 0 saturated heterocycles. The number of nitrogens with zero attached hydrogens (tertiary/aromatic N) is 2. The Labute approximate surface area is 116 Å². The van der Waals surface area contributed by atoms with Crippen molar-refractivity contribution in [1.82, 2.24) is 15.1 Å². The Morgan fingerprint density at radius 2 is 2.00 bits per heavy atom. The molecule has 0 unspecified atom stereocenters. The van der Waals surface area contributed by atoms with E-state index in [0.29, 0.717) is 0 Å². The summed E-state index contributed by atoms with van der Waals surface area (Å²) in [4.78, 5) is 0. The van der Waals surface area contributed by atoms with Crippen LogP contribution in [-0.4, -0.2) is 9.78 Å². The largest absolute Gasteiger partial charge is 0.308 e. The van der Waals surface area contributed by atoms with E-state index in [1.165, 1.54) is 21.2 Å². The fourth-order valence-corrected chi connectivity index (χ4v) is 3.29. The van der Waals surface area contributed by atoms with Gasteiger partial charge in [-0.25, -0.2) is 0 Å². The van der Waals surface area contributed by atoms with E-state index >= 15 is 0 Å². The number of aromatic nitrogens is 2. The second-order valence-electron chi connectivity index (χ2n) is 4.77. The Bertz CT molecular complexity index is 696. The molecule has 3 rings (SSSR count). The van der Waals surface area contributed by atoms with Crippen LogP contribution in [0.5, 0.6) is 0 Å². The molecule has 19 heavy (non-hydrogen) atoms. The van der Waals surface area contributed by atoms with Crippen LogP contribution in [0.3, 0.4) is 0 Å². The lowest BCUT2D eigenvalue weighted by Crippen LogP contribution is -2.12. The summed E-state index contributed by atoms with van der Waals surface area (Å²) < 4.78 is 3.23. The van der Waals surface area contributed by atoms with Crippen LogP contribution in [0.2, 0.25) is 0 Å². The van der Waals surface area contributed by atoms with E-state index in [1.54, 1.807) is 0 Å². The topological polar surface area (TPSA) is 29.9 Å². The SMILES string of the molecule is Cc1nn(C)cc1CNCc1csc2ccccc12. The fraction of sp³-hybridized carbons (Fsp3) is 0.267. The highest BCUT2D eigenvalue weighted by atomic mass is 32.1. The number of benzene rings is 1. The Kier molecular flexibility index (Phi) is 3.36. The smallest absolute Gasteiger partial charge is 0.0638 e. The molecule has 1 aromatic carbocycles. The first kappa shape index (κ1) is 12.4. The summed E-state index contributed by atoms with van der Waals surface area (Å²) in [6.45, 7) is 3.82. The number of rotatable bonds is 4. The van der Waals surface area contributed by atoms with E-state index < -0.39 is 0 Å². The number of thiophene rings is 1. The summed E-state index contributed by atoms with van der Waals surface area (Å²) in [6.07, 6.45) is 2.08. The van der Waals surface area contributed by atoms with Gasteiger partial charge in [-0.2, -0.15) is 5.10 Å². The van der Waals surface area contributed by atoms with Crippen LogP contribution < -0.4 is 5.32 Å². The molecular formula is C15H17N3S. The van der Waals surface area contributed by atoms with Gasteiger partial charge in [0.2, 0.25) is 0 Å². The van der Waals surface area contributed by atoms with Crippen molar-refractivity contribution in [2.24, 2.45) is 7.05 Å². The van der Waals surface area contributed by atoms with Crippen molar-refractivity contribution in [2.45, 2.75) is 20.0 Å². The summed E-state index contributed by atoms with van der Waals surface area (Å²) >= 11 is 1.81. The molecular weight excluding hydrogens is 254 g/mol. The first-order valence-corrected chi connectivity index (χ1v) is 7.27. The molecule has 0 aliphatic heterocycles. The first-order valence-electron chi connectivity index (χ1n) is 6.39. The second kappa shape index (κ2) is 5.15. The minimum atomic E-state index is 0.865. The minimum absolute atomic E-state index is 0.865. The molecule has 0 aliphatic rings. The molecule has 2 aromatic heterocycles. The van der Waals surface area contributed by atoms with Crippen molar-refractivity contribution in [3.05, 3.63) is 52.7 Å². The highest BCUT2D eigenvalue weighted by Gasteiger charge is 2.05. The van der Waals surface area contributed by atoms with Gasteiger partial charge in [0.25, 0.3) is 0 Å². The predicted octanol–water partition coefficient (Wildman–Crippen LogP) is 3.23. The minimum Gasteiger partial charge on any atom is -0.308 e. The Hall–Kier alpha value is -1.65. The van der Waals surface area contributed by atoms with Crippen LogP contribution in [0.4, 0.5) is 0 Å². The number of hydrogen-bond acceptors (Lipinski definition) is 3. The molecule has 2 heterocycles. The number of nitrogens with one attached hydrogen (secondary N) is 1. The van der Waals surface area contributed by atoms with Gasteiger partial charge in [-0.05, 0) is 29.3 Å². The Morgan fingerprint density at radius 3 is 2.79 bits per heavy atom. The van der Waals surface area contributed by atoms with Gasteiger partial charge in [0, 0.05) is 36.6 Å². The van der Waals surface area contributed by atoms with E-state index in [9.17, 15) is 0 Å². The van der Waals surface area contributed by atoms with Gasteiger partial charge in [-0.3, -0.25) is 4.68 Å². The van der Waals surface area contributed by atoms with Crippen molar-refractivity contribution in [3.63, 3.8) is 0 Å². The maximum Gasteiger partial charge on any atom is 0.0638 e. The summed E-state index contributed by atoms with van der Waals surface area (Å²) in [5.41, 5.74) is 3.74. The highest BCUT2D eigenvalue weighted by Crippen LogP contribution is 2.25. The van der Waals surface area contributed by atoms with Crippen molar-refractivity contribution in [1.29, 1.82) is 0 Å². The van der Waals surface area contributed by atoms with E-state index in [-0.39, 0.29) is 0 Å². The number of fused-ring (bicyclic) bond motifs is 1. The lowest BCUT2D eigenvalue weighted by molar-refractivity contribution is 0.694. The zero-order valence-electron chi connectivity index (χ0n) is 11.2. The van der Waals surface area contributed by atoms with E-state index in [1.807, 2.05) is 23.1 Å². The van der Waals surface area contributed by atoms with Gasteiger partial charge in [0.05, 0.1) is 5.69 Å². The van der Waals surface area contributed by atoms with E-state index in [2.05, 4.69) is 53.2 Å². The number of hydrogen-bond donors (Lipinski definition) is 1. The van der Waals surface area contributed by atoms with Gasteiger partial charge < -0.3 is 5.32 Å². The molecule has 0 aliphatic carbocycles. The fourth-order valence-electron chi connectivity index (χ4n) is 2.32. The molecule has 1 N–H and O–H groups in total. The third-order valence-corrected chi connectivity index (χ3v) is 4.32. The number of aryl methyl sites for hydroxylation is 2. The standard InChI is InChI=1S/C15H17N3S/c1-11-12(9-18(2)17-11)7-16-8-13-10-19-15-6-4-3-5-14(13)15/h3-6,9-10,16H,7-8H2,1-2H3. The van der Waals surface area contributed by atoms with Gasteiger partial charge in [0.15, 0.2) is 0 Å². The molecule has 0 radical (unpaired) electrons. The summed E-state index contributed by atoms with van der Waals surface area (Å²) in [5.74, 6) is 0. The molecule has 4 heteroatoms. The Morgan fingerprint density at radius 1 is 1.21 bits per heavy atom. The van der Waals surface area contributed by atoms with Crippen molar-refractivity contribution < 1.29 is 0 Å². The molecule has 0 spiro atoms. The molecule has 0 bridgehead atoms. The van der Waals surface area contributed by atoms with Gasteiger partial charge >= 0.3 is 0 Å². The molecule has 0 saturated carbocycles. The maximum absolute atomic E-state index is 4.36. The molecule has 98 valence electrons. The third kappa shape index (κ3) is 2.55. The van der Waals surface area contributed by atoms with Crippen molar-refractivity contribution in [3.8, 4) is 0 Å². The normalized spacial score (nSPS) is 11.3. The highest BCUT2D eigenvalue weighted by molar-refractivity contribution is 7.17. The summed E-state index contributed by atoms with van der Waals surface area (Å²) in [6, 6.07) is 8.56. The van der Waals surface area contributed by atoms with Crippen molar-refractivity contribution >= 4 is 21.4 Å². The van der Waals surface area contributed by atoms with E-state index in [4.69, 9.17) is 0 Å². The second-order valence-corrected chi connectivity index (χ2v) is 5.69. The van der Waals surface area contributed by atoms with Crippen LogP contribution in [0.25, 0.3) is 10.1 Å². The maximum atomic E-state index is 4.36. The van der Waals surface area contributed by atoms with Gasteiger partial charge in [-0.15, -0.1) is 11.3 Å². The zero-order valence-corrected chi connectivity index (χ0v) is 12.0. The summed E-state index contributed by atoms with van der Waals surface area (Å²) in [7, 11) is 1.96.